The Balaban J connectivity index is 2.96. The van der Waals surface area contributed by atoms with Crippen LogP contribution in [0.2, 0.25) is 0 Å². The third kappa shape index (κ3) is 2.05. The van der Waals surface area contributed by atoms with E-state index in [1.54, 1.807) is 6.07 Å². The number of nitriles is 1. The first-order valence-electron chi connectivity index (χ1n) is 3.83. The van der Waals surface area contributed by atoms with E-state index in [0.29, 0.717) is 10.2 Å². The fraction of sp³-hybridized carbons (Fsp3) is 0.333. The number of halogens is 1. The predicted molar refractivity (Wildman–Crippen MR) is 50.6 cm³/mol. The van der Waals surface area contributed by atoms with Crippen LogP contribution in [0, 0.1) is 11.3 Å². The number of rotatable bonds is 2. The van der Waals surface area contributed by atoms with Gasteiger partial charge in [0.25, 0.3) is 0 Å². The molecule has 0 atom stereocenters. The normalized spacial score (nSPS) is 9.42. The summed E-state index contributed by atoms with van der Waals surface area (Å²) in [5.74, 6) is 0. The number of hydrogen-bond donors (Lipinski definition) is 0. The van der Waals surface area contributed by atoms with Gasteiger partial charge < -0.3 is 0 Å². The van der Waals surface area contributed by atoms with E-state index in [4.69, 9.17) is 5.26 Å². The highest BCUT2D eigenvalue weighted by atomic mass is 79.9. The van der Waals surface area contributed by atoms with E-state index in [1.807, 2.05) is 6.07 Å². The topological polar surface area (TPSA) is 36.7 Å². The summed E-state index contributed by atoms with van der Waals surface area (Å²) in [4.78, 5) is 4.23. The highest BCUT2D eigenvalue weighted by Crippen LogP contribution is 2.13. The van der Waals surface area contributed by atoms with Crippen molar-refractivity contribution >= 4 is 15.9 Å². The fourth-order valence-corrected chi connectivity index (χ4v) is 1.40. The first-order valence-corrected chi connectivity index (χ1v) is 4.62. The summed E-state index contributed by atoms with van der Waals surface area (Å²) in [5, 5.41) is 8.62. The Morgan fingerprint density at radius 1 is 1.58 bits per heavy atom. The monoisotopic (exact) mass is 224 g/mol. The second kappa shape index (κ2) is 4.22. The number of nitrogens with zero attached hydrogens (tertiary/aromatic N) is 2. The van der Waals surface area contributed by atoms with Gasteiger partial charge in [0, 0.05) is 5.69 Å². The van der Waals surface area contributed by atoms with Gasteiger partial charge in [-0.2, -0.15) is 5.26 Å². The Kier molecular flexibility index (Phi) is 3.24. The van der Waals surface area contributed by atoms with Crippen molar-refractivity contribution in [2.24, 2.45) is 0 Å². The summed E-state index contributed by atoms with van der Waals surface area (Å²) in [6.07, 6.45) is 2.04. The Morgan fingerprint density at radius 2 is 2.33 bits per heavy atom. The lowest BCUT2D eigenvalue weighted by Gasteiger charge is -1.98. The van der Waals surface area contributed by atoms with Crippen LogP contribution in [0.1, 0.15) is 24.6 Å². The predicted octanol–water partition coefficient (Wildman–Crippen LogP) is 2.67. The lowest BCUT2D eigenvalue weighted by molar-refractivity contribution is 0.877. The van der Waals surface area contributed by atoms with Gasteiger partial charge in [-0.15, -0.1) is 0 Å². The maximum absolute atomic E-state index is 8.62. The maximum atomic E-state index is 8.62. The van der Waals surface area contributed by atoms with E-state index >= 15 is 0 Å². The van der Waals surface area contributed by atoms with Gasteiger partial charge in [-0.25, -0.2) is 4.98 Å². The summed E-state index contributed by atoms with van der Waals surface area (Å²) < 4.78 is 0.649. The summed E-state index contributed by atoms with van der Waals surface area (Å²) in [6.45, 7) is 2.10. The largest absolute Gasteiger partial charge is 0.245 e. The Bertz CT molecular complexity index is 315. The van der Waals surface area contributed by atoms with E-state index in [9.17, 15) is 0 Å². The van der Waals surface area contributed by atoms with Gasteiger partial charge in [-0.3, -0.25) is 0 Å². The minimum atomic E-state index is 0.592. The number of pyridine rings is 1. The molecule has 0 saturated heterocycles. The van der Waals surface area contributed by atoms with E-state index in [0.717, 1.165) is 18.5 Å². The van der Waals surface area contributed by atoms with Gasteiger partial charge in [0.15, 0.2) is 0 Å². The molecular formula is C9H9BrN2. The molecule has 1 heterocycles. The molecule has 0 spiro atoms. The van der Waals surface area contributed by atoms with Crippen molar-refractivity contribution in [2.75, 3.05) is 0 Å². The third-order valence-corrected chi connectivity index (χ3v) is 2.14. The zero-order chi connectivity index (χ0) is 8.97. The summed E-state index contributed by atoms with van der Waals surface area (Å²) in [7, 11) is 0. The molecule has 1 rings (SSSR count). The zero-order valence-corrected chi connectivity index (χ0v) is 8.43. The van der Waals surface area contributed by atoms with Gasteiger partial charge >= 0.3 is 0 Å². The van der Waals surface area contributed by atoms with E-state index in [2.05, 4.69) is 33.9 Å². The van der Waals surface area contributed by atoms with Crippen LogP contribution in [0.25, 0.3) is 0 Å². The van der Waals surface area contributed by atoms with Gasteiger partial charge in [-0.1, -0.05) is 13.3 Å². The van der Waals surface area contributed by atoms with Crippen molar-refractivity contribution in [3.8, 4) is 6.07 Å². The molecule has 0 radical (unpaired) electrons. The van der Waals surface area contributed by atoms with Crippen molar-refractivity contribution in [1.82, 2.24) is 4.98 Å². The quantitative estimate of drug-likeness (QED) is 0.725. The number of aryl methyl sites for hydroxylation is 1. The molecule has 0 fully saturated rings. The SMILES string of the molecule is CCCc1ccc(C#N)c(Br)n1. The highest BCUT2D eigenvalue weighted by Gasteiger charge is 2.00. The standard InChI is InChI=1S/C9H9BrN2/c1-2-3-8-5-4-7(6-11)9(10)12-8/h4-5H,2-3H2,1H3. The van der Waals surface area contributed by atoms with Crippen LogP contribution >= 0.6 is 15.9 Å². The van der Waals surface area contributed by atoms with Crippen molar-refractivity contribution in [3.05, 3.63) is 28.0 Å². The van der Waals surface area contributed by atoms with E-state index < -0.39 is 0 Å². The average Bonchev–Trinajstić information content (AvgIpc) is 2.05. The summed E-state index contributed by atoms with van der Waals surface area (Å²) in [5.41, 5.74) is 1.62. The zero-order valence-electron chi connectivity index (χ0n) is 6.84. The minimum absolute atomic E-state index is 0.592. The van der Waals surface area contributed by atoms with Gasteiger partial charge in [0.05, 0.1) is 5.56 Å². The van der Waals surface area contributed by atoms with Gasteiger partial charge in [0.1, 0.15) is 10.7 Å². The van der Waals surface area contributed by atoms with Crippen LogP contribution in [-0.4, -0.2) is 4.98 Å². The lowest BCUT2D eigenvalue weighted by Crippen LogP contribution is -1.91. The van der Waals surface area contributed by atoms with E-state index in [1.165, 1.54) is 0 Å². The van der Waals surface area contributed by atoms with E-state index in [-0.39, 0.29) is 0 Å². The third-order valence-electron chi connectivity index (χ3n) is 1.53. The second-order valence-electron chi connectivity index (χ2n) is 2.50. The molecule has 0 aliphatic carbocycles. The Morgan fingerprint density at radius 3 is 2.83 bits per heavy atom. The molecule has 62 valence electrons. The molecule has 3 heteroatoms. The highest BCUT2D eigenvalue weighted by molar-refractivity contribution is 9.10. The van der Waals surface area contributed by atoms with Crippen molar-refractivity contribution in [3.63, 3.8) is 0 Å². The minimum Gasteiger partial charge on any atom is -0.245 e. The molecule has 0 bridgehead atoms. The van der Waals surface area contributed by atoms with Crippen LogP contribution in [-0.2, 0) is 6.42 Å². The molecule has 0 aromatic carbocycles. The number of hydrogen-bond acceptors (Lipinski definition) is 2. The summed E-state index contributed by atoms with van der Waals surface area (Å²) >= 11 is 3.24. The van der Waals surface area contributed by atoms with Crippen LogP contribution in [0.15, 0.2) is 16.7 Å². The first kappa shape index (κ1) is 9.21. The lowest BCUT2D eigenvalue weighted by atomic mass is 10.2. The molecule has 2 nitrogen and oxygen atoms in total. The Labute approximate surface area is 80.4 Å². The summed E-state index contributed by atoms with van der Waals surface area (Å²) in [6, 6.07) is 5.74. The second-order valence-corrected chi connectivity index (χ2v) is 3.25. The van der Waals surface area contributed by atoms with Crippen molar-refractivity contribution < 1.29 is 0 Å². The number of aromatic nitrogens is 1. The average molecular weight is 225 g/mol. The van der Waals surface area contributed by atoms with Crippen LogP contribution in [0.5, 0.6) is 0 Å². The molecule has 0 aliphatic rings. The van der Waals surface area contributed by atoms with Crippen LogP contribution in [0.4, 0.5) is 0 Å². The molecule has 1 aromatic heterocycles. The molecule has 1 aromatic rings. The fourth-order valence-electron chi connectivity index (χ4n) is 0.951. The van der Waals surface area contributed by atoms with Crippen LogP contribution in [0.3, 0.4) is 0 Å². The van der Waals surface area contributed by atoms with Gasteiger partial charge in [0.2, 0.25) is 0 Å². The maximum Gasteiger partial charge on any atom is 0.124 e. The van der Waals surface area contributed by atoms with Gasteiger partial charge in [-0.05, 0) is 34.5 Å². The van der Waals surface area contributed by atoms with Crippen LogP contribution < -0.4 is 0 Å². The molecular weight excluding hydrogens is 216 g/mol. The van der Waals surface area contributed by atoms with Crippen molar-refractivity contribution in [1.29, 1.82) is 5.26 Å². The van der Waals surface area contributed by atoms with Crippen molar-refractivity contribution in [2.45, 2.75) is 19.8 Å². The molecule has 0 unspecified atom stereocenters. The molecule has 0 saturated carbocycles. The molecule has 0 aliphatic heterocycles. The Hall–Kier alpha value is -0.880. The molecule has 12 heavy (non-hydrogen) atoms. The smallest absolute Gasteiger partial charge is 0.124 e. The molecule has 0 N–H and O–H groups in total. The first-order chi connectivity index (χ1) is 5.77. The molecule has 0 amide bonds.